The number of benzene rings is 2. The maximum Gasteiger partial charge on any atom is 0.305 e. The highest BCUT2D eigenvalue weighted by Gasteiger charge is 2.32. The van der Waals surface area contributed by atoms with Gasteiger partial charge in [0.15, 0.2) is 0 Å². The van der Waals surface area contributed by atoms with E-state index in [0.717, 1.165) is 21.1 Å². The number of aromatic nitrogens is 4. The molecular formula is C37H44F2N6O8S2. The lowest BCUT2D eigenvalue weighted by Crippen LogP contribution is -2.28. The second-order valence-corrected chi connectivity index (χ2v) is 17.7. The fourth-order valence-corrected chi connectivity index (χ4v) is 6.38. The van der Waals surface area contributed by atoms with Crippen molar-refractivity contribution in [1.29, 1.82) is 0 Å². The van der Waals surface area contributed by atoms with Crippen LogP contribution in [0.3, 0.4) is 0 Å². The zero-order valence-corrected chi connectivity index (χ0v) is 33.2. The largest absolute Gasteiger partial charge is 0.481 e. The molecule has 0 saturated heterocycles. The fourth-order valence-electron chi connectivity index (χ4n) is 5.63. The van der Waals surface area contributed by atoms with Crippen molar-refractivity contribution >= 4 is 43.5 Å². The minimum atomic E-state index is -3.91. The number of sulfonamides is 2. The number of hydrogen-bond donors (Lipinski definition) is 3. The quantitative estimate of drug-likeness (QED) is 0.146. The molecule has 0 fully saturated rings. The molecule has 2 heterocycles. The van der Waals surface area contributed by atoms with Gasteiger partial charge in [-0.15, -0.1) is 0 Å². The molecule has 0 aliphatic rings. The van der Waals surface area contributed by atoms with E-state index < -0.39 is 74.5 Å². The van der Waals surface area contributed by atoms with Crippen LogP contribution in [-0.2, 0) is 24.8 Å². The van der Waals surface area contributed by atoms with Gasteiger partial charge in [-0.05, 0) is 72.0 Å². The monoisotopic (exact) mass is 802 g/mol. The summed E-state index contributed by atoms with van der Waals surface area (Å²) in [5.74, 6) is -3.88. The first-order valence-corrected chi connectivity index (χ1v) is 20.7. The molecule has 3 N–H and O–H groups in total. The molecule has 55 heavy (non-hydrogen) atoms. The first kappa shape index (κ1) is 42.8. The van der Waals surface area contributed by atoms with Gasteiger partial charge in [-0.3, -0.25) is 4.79 Å². The third kappa shape index (κ3) is 10.2. The van der Waals surface area contributed by atoms with Crippen LogP contribution in [-0.4, -0.2) is 96.9 Å². The SMILES string of the molecule is CC(C)c1nc(N(C)S(C)(=O)=O)nc(-c2ccc(F)cc2)c1C(=CC(O)CC(O)CC(=O)O)c1c(-c2ccc(F)cc2)nc(N(C)S(C)(=O)=O)nc1C(C)C. The van der Waals surface area contributed by atoms with E-state index in [4.69, 9.17) is 9.97 Å². The lowest BCUT2D eigenvalue weighted by Gasteiger charge is -2.27. The number of aliphatic carboxylic acids is 1. The molecular weight excluding hydrogens is 759 g/mol. The lowest BCUT2D eigenvalue weighted by atomic mass is 9.84. The topological polar surface area (TPSA) is 204 Å². The maximum atomic E-state index is 14.4. The van der Waals surface area contributed by atoms with Crippen LogP contribution in [0.4, 0.5) is 20.7 Å². The molecule has 2 atom stereocenters. The summed E-state index contributed by atoms with van der Waals surface area (Å²) in [5.41, 5.74) is 1.83. The summed E-state index contributed by atoms with van der Waals surface area (Å²) in [6.45, 7) is 7.11. The van der Waals surface area contributed by atoms with E-state index in [1.54, 1.807) is 27.7 Å². The van der Waals surface area contributed by atoms with Gasteiger partial charge >= 0.3 is 5.97 Å². The number of carboxylic acids is 1. The smallest absolute Gasteiger partial charge is 0.305 e. The van der Waals surface area contributed by atoms with Crippen LogP contribution < -0.4 is 8.61 Å². The molecule has 2 unspecified atom stereocenters. The Labute approximate surface area is 319 Å². The molecule has 2 aromatic heterocycles. The van der Waals surface area contributed by atoms with E-state index in [0.29, 0.717) is 11.1 Å². The van der Waals surface area contributed by atoms with E-state index >= 15 is 0 Å². The number of nitrogens with zero attached hydrogens (tertiary/aromatic N) is 6. The number of rotatable bonds is 15. The van der Waals surface area contributed by atoms with Crippen LogP contribution in [0, 0.1) is 11.6 Å². The van der Waals surface area contributed by atoms with Gasteiger partial charge in [0.2, 0.25) is 31.9 Å². The highest BCUT2D eigenvalue weighted by atomic mass is 32.2. The molecule has 4 rings (SSSR count). The number of aliphatic hydroxyl groups excluding tert-OH is 2. The van der Waals surface area contributed by atoms with Crippen molar-refractivity contribution in [2.45, 2.75) is 64.6 Å². The van der Waals surface area contributed by atoms with Gasteiger partial charge in [-0.1, -0.05) is 27.7 Å². The molecule has 14 nitrogen and oxygen atoms in total. The van der Waals surface area contributed by atoms with E-state index in [9.17, 15) is 45.7 Å². The Kier molecular flexibility index (Phi) is 13.1. The summed E-state index contributed by atoms with van der Waals surface area (Å²) in [7, 11) is -5.28. The molecule has 2 aromatic carbocycles. The minimum Gasteiger partial charge on any atom is -0.481 e. The predicted molar refractivity (Wildman–Crippen MR) is 205 cm³/mol. The van der Waals surface area contributed by atoms with Gasteiger partial charge in [0.05, 0.1) is 53.9 Å². The lowest BCUT2D eigenvalue weighted by molar-refractivity contribution is -0.139. The number of halogens is 2. The number of hydrogen-bond acceptors (Lipinski definition) is 11. The van der Waals surface area contributed by atoms with Crippen molar-refractivity contribution in [2.75, 3.05) is 35.2 Å². The Balaban J connectivity index is 2.32. The molecule has 0 spiro atoms. The molecule has 18 heteroatoms. The summed E-state index contributed by atoms with van der Waals surface area (Å²) in [6.07, 6.45) is -0.900. The summed E-state index contributed by atoms with van der Waals surface area (Å²) in [5, 5.41) is 31.5. The van der Waals surface area contributed by atoms with Gasteiger partial charge in [-0.2, -0.15) is 0 Å². The van der Waals surface area contributed by atoms with Gasteiger partial charge in [0, 0.05) is 42.8 Å². The Morgan fingerprint density at radius 3 is 1.38 bits per heavy atom. The average Bonchev–Trinajstić information content (AvgIpc) is 3.08. The summed E-state index contributed by atoms with van der Waals surface area (Å²) >= 11 is 0. The standard InChI is InChI=1S/C37H44F2N6O8S2/c1-20(2)32-30(34(22-9-13-24(38)14-10-22)42-36(40-32)44(5)54(7,50)51)28(18-26(46)17-27(47)19-29(48)49)31-33(21(3)4)41-37(45(6)55(8,52)53)43-35(31)23-11-15-25(39)16-12-23/h9-16,18,20-21,26-27,46-47H,17,19H2,1-8H3,(H,48,49). The Bertz CT molecular complexity index is 2160. The molecule has 0 aliphatic carbocycles. The van der Waals surface area contributed by atoms with Crippen LogP contribution in [0.2, 0.25) is 0 Å². The van der Waals surface area contributed by atoms with Crippen molar-refractivity contribution in [1.82, 2.24) is 19.9 Å². The highest BCUT2D eigenvalue weighted by Crippen LogP contribution is 2.44. The predicted octanol–water partition coefficient (Wildman–Crippen LogP) is 4.94. The number of carbonyl (C=O) groups is 1. The first-order valence-electron chi connectivity index (χ1n) is 17.0. The normalized spacial score (nSPS) is 13.1. The fraction of sp³-hybridized carbons (Fsp3) is 0.378. The van der Waals surface area contributed by atoms with Gasteiger partial charge in [0.1, 0.15) is 11.6 Å². The van der Waals surface area contributed by atoms with Crippen molar-refractivity contribution in [2.24, 2.45) is 0 Å². The molecule has 0 bridgehead atoms. The van der Waals surface area contributed by atoms with Gasteiger partial charge < -0.3 is 15.3 Å². The maximum absolute atomic E-state index is 14.4. The number of anilines is 2. The Morgan fingerprint density at radius 2 is 1.07 bits per heavy atom. The second-order valence-electron chi connectivity index (χ2n) is 13.7. The van der Waals surface area contributed by atoms with E-state index in [1.807, 2.05) is 0 Å². The van der Waals surface area contributed by atoms with E-state index in [-0.39, 0.29) is 51.4 Å². The zero-order chi connectivity index (χ0) is 41.2. The Hall–Kier alpha value is -4.91. The average molecular weight is 803 g/mol. The molecule has 0 radical (unpaired) electrons. The second kappa shape index (κ2) is 16.8. The third-order valence-corrected chi connectivity index (χ3v) is 10.9. The third-order valence-electron chi connectivity index (χ3n) is 8.56. The molecule has 0 saturated carbocycles. The van der Waals surface area contributed by atoms with Crippen LogP contribution >= 0.6 is 0 Å². The first-order chi connectivity index (χ1) is 25.5. The molecule has 4 aromatic rings. The van der Waals surface area contributed by atoms with Crippen molar-refractivity contribution in [3.63, 3.8) is 0 Å². The van der Waals surface area contributed by atoms with Gasteiger partial charge in [0.25, 0.3) is 0 Å². The molecule has 0 amide bonds. The van der Waals surface area contributed by atoms with Crippen molar-refractivity contribution < 1.29 is 45.7 Å². The van der Waals surface area contributed by atoms with Crippen LogP contribution in [0.5, 0.6) is 0 Å². The Morgan fingerprint density at radius 1 is 0.709 bits per heavy atom. The van der Waals surface area contributed by atoms with Crippen LogP contribution in [0.15, 0.2) is 54.6 Å². The summed E-state index contributed by atoms with van der Waals surface area (Å²) in [4.78, 5) is 30.2. The number of carboxylic acid groups (broad SMARTS) is 1. The summed E-state index contributed by atoms with van der Waals surface area (Å²) in [6, 6.07) is 10.4. The highest BCUT2D eigenvalue weighted by molar-refractivity contribution is 7.92. The van der Waals surface area contributed by atoms with E-state index in [1.165, 1.54) is 68.7 Å². The number of aliphatic hydroxyl groups is 2. The van der Waals surface area contributed by atoms with Gasteiger partial charge in [-0.25, -0.2) is 54.2 Å². The zero-order valence-electron chi connectivity index (χ0n) is 31.6. The van der Waals surface area contributed by atoms with Crippen LogP contribution in [0.1, 0.15) is 74.9 Å². The molecule has 0 aliphatic heterocycles. The van der Waals surface area contributed by atoms with Crippen LogP contribution in [0.25, 0.3) is 28.1 Å². The van der Waals surface area contributed by atoms with Crippen molar-refractivity contribution in [3.05, 3.63) is 88.8 Å². The summed E-state index contributed by atoms with van der Waals surface area (Å²) < 4.78 is 81.5. The van der Waals surface area contributed by atoms with E-state index in [2.05, 4.69) is 9.97 Å². The van der Waals surface area contributed by atoms with Crippen molar-refractivity contribution in [3.8, 4) is 22.5 Å². The minimum absolute atomic E-state index is 0.0887. The molecule has 296 valence electrons.